The van der Waals surface area contributed by atoms with Gasteiger partial charge in [0.2, 0.25) is 0 Å². The molecule has 0 spiro atoms. The van der Waals surface area contributed by atoms with Crippen molar-refractivity contribution < 1.29 is 65.4 Å². The molecule has 2 heteroatoms. The van der Waals surface area contributed by atoms with E-state index in [2.05, 4.69) is 20.3 Å². The zero-order valence-corrected chi connectivity index (χ0v) is 10.8. The van der Waals surface area contributed by atoms with E-state index < -0.39 is 0 Å². The van der Waals surface area contributed by atoms with Gasteiger partial charge in [0.05, 0.1) is 0 Å². The molecular weight excluding hydrogens is 238 g/mol. The van der Waals surface area contributed by atoms with Crippen LogP contribution < -0.4 is 0 Å². The molecule has 38 valence electrons. The summed E-state index contributed by atoms with van der Waals surface area (Å²) in [6.45, 7) is 4.31. The van der Waals surface area contributed by atoms with E-state index in [0.717, 1.165) is 0 Å². The number of unbranched alkanes of at least 4 members (excludes halogenated alkanes) is 2. The van der Waals surface area contributed by atoms with Crippen LogP contribution >= 0.6 is 0 Å². The second-order valence-corrected chi connectivity index (χ2v) is 1.11. The van der Waals surface area contributed by atoms with Crippen LogP contribution in [0.15, 0.2) is 0 Å². The summed E-state index contributed by atoms with van der Waals surface area (Å²) in [7, 11) is 0. The van der Waals surface area contributed by atoms with Crippen LogP contribution in [0.4, 0.5) is 0 Å². The Bertz CT molecular complexity index is 13.6. The first-order chi connectivity index (χ1) is 2.41. The van der Waals surface area contributed by atoms with Crippen LogP contribution in [-0.4, -0.2) is 0 Å². The Morgan fingerprint density at radius 3 is 1.29 bits per heavy atom. The summed E-state index contributed by atoms with van der Waals surface area (Å²) in [5.74, 6) is 0. The topological polar surface area (TPSA) is 0 Å². The number of rotatable bonds is 2. The molecule has 7 heavy (non-hydrogen) atoms. The van der Waals surface area contributed by atoms with Gasteiger partial charge in [-0.05, 0) is 0 Å². The summed E-state index contributed by atoms with van der Waals surface area (Å²) in [6.07, 6.45) is 4.69. The summed E-state index contributed by atoms with van der Waals surface area (Å²) in [5, 5.41) is 0. The van der Waals surface area contributed by atoms with Gasteiger partial charge in [-0.1, -0.05) is 13.8 Å². The maximum Gasteiger partial charge on any atom is 0 e. The van der Waals surface area contributed by atoms with Crippen molar-refractivity contribution in [1.29, 1.82) is 0 Å². The van der Waals surface area contributed by atoms with Gasteiger partial charge in [0.15, 0.2) is 0 Å². The van der Waals surface area contributed by atoms with Crippen molar-refractivity contribution in [2.75, 3.05) is 0 Å². The average molecular weight is 249 g/mol. The van der Waals surface area contributed by atoms with Gasteiger partial charge in [-0.15, -0.1) is 0 Å². The third-order valence-electron chi connectivity index (χ3n) is 0.577. The predicted molar refractivity (Wildman–Crippen MR) is 24.9 cm³/mol. The van der Waals surface area contributed by atoms with E-state index in [0.29, 0.717) is 0 Å². The molecule has 0 nitrogen and oxygen atoms in total. The molecule has 0 aliphatic carbocycles. The molecule has 2 radical (unpaired) electrons. The first-order valence-electron chi connectivity index (χ1n) is 2.23. The molecule has 0 saturated heterocycles. The Morgan fingerprint density at radius 2 is 1.29 bits per heavy atom. The fraction of sp³-hybridized carbons (Fsp3) is 0.800. The normalized spacial score (nSPS) is 6.00. The molecule has 0 aromatic rings. The van der Waals surface area contributed by atoms with Crippen molar-refractivity contribution in [2.45, 2.75) is 26.7 Å². The zero-order valence-electron chi connectivity index (χ0n) is 5.15. The molecule has 0 saturated carbocycles. The van der Waals surface area contributed by atoms with Crippen molar-refractivity contribution >= 4 is 0 Å². The Balaban J connectivity index is -0.0000000800. The molecule has 0 aromatic heterocycles. The molecule has 0 N–H and O–H groups in total. The molecule has 0 fully saturated rings. The largest absolute Gasteiger partial charge is 0.329 e. The van der Waals surface area contributed by atoms with Gasteiger partial charge in [-0.25, -0.2) is 0 Å². The Kier molecular flexibility index (Phi) is 36.2. The molecule has 0 unspecified atom stereocenters. The smallest absolute Gasteiger partial charge is 0 e. The Morgan fingerprint density at radius 1 is 1.00 bits per heavy atom. The molecule has 0 heterocycles. The summed E-state index contributed by atoms with van der Waals surface area (Å²) in [6, 6.07) is 0. The van der Waals surface area contributed by atoms with Crippen LogP contribution in [0.25, 0.3) is 0 Å². The average Bonchev–Trinajstić information content (AvgIpc) is 1.41. The fourth-order valence-corrected chi connectivity index (χ4v) is 0.289. The molecule has 0 atom stereocenters. The SMILES string of the molecule is CC[CH-]CC.[Y].[Y]. The Labute approximate surface area is 97.0 Å². The maximum absolute atomic E-state index is 2.25. The third-order valence-corrected chi connectivity index (χ3v) is 0.577. The summed E-state index contributed by atoms with van der Waals surface area (Å²) in [4.78, 5) is 0. The Hall–Kier alpha value is 2.21. The summed E-state index contributed by atoms with van der Waals surface area (Å²) >= 11 is 0. The van der Waals surface area contributed by atoms with Gasteiger partial charge in [0.25, 0.3) is 0 Å². The van der Waals surface area contributed by atoms with E-state index in [1.165, 1.54) is 12.8 Å². The van der Waals surface area contributed by atoms with E-state index >= 15 is 0 Å². The molecule has 0 aliphatic rings. The van der Waals surface area contributed by atoms with Gasteiger partial charge < -0.3 is 6.42 Å². The summed E-state index contributed by atoms with van der Waals surface area (Å²) in [5.41, 5.74) is 0. The molecule has 0 aromatic carbocycles. The van der Waals surface area contributed by atoms with Gasteiger partial charge in [-0.3, -0.25) is 0 Å². The minimum atomic E-state index is 0. The van der Waals surface area contributed by atoms with E-state index in [1.54, 1.807) is 0 Å². The van der Waals surface area contributed by atoms with Crippen molar-refractivity contribution in [3.63, 3.8) is 0 Å². The zero-order chi connectivity index (χ0) is 4.12. The molecule has 0 bridgehead atoms. The summed E-state index contributed by atoms with van der Waals surface area (Å²) < 4.78 is 0. The molecule has 0 amide bonds. The monoisotopic (exact) mass is 249 g/mol. The second kappa shape index (κ2) is 15.7. The maximum atomic E-state index is 2.25. The third kappa shape index (κ3) is 17.9. The van der Waals surface area contributed by atoms with Crippen LogP contribution in [-0.2, 0) is 65.4 Å². The number of hydrogen-bond donors (Lipinski definition) is 0. The first-order valence-corrected chi connectivity index (χ1v) is 2.23. The van der Waals surface area contributed by atoms with E-state index in [-0.39, 0.29) is 65.4 Å². The van der Waals surface area contributed by atoms with Crippen LogP contribution in [0.3, 0.4) is 0 Å². The standard InChI is InChI=1S/C5H11.2Y/c1-3-5-4-2;;/h5H,3-4H2,1-2H3;;/q-1;;. The van der Waals surface area contributed by atoms with Crippen molar-refractivity contribution in [3.05, 3.63) is 6.42 Å². The molecule has 0 aliphatic heterocycles. The van der Waals surface area contributed by atoms with Crippen LogP contribution in [0.1, 0.15) is 26.7 Å². The number of hydrogen-bond acceptors (Lipinski definition) is 0. The van der Waals surface area contributed by atoms with Crippen molar-refractivity contribution in [1.82, 2.24) is 0 Å². The molecule has 0 rings (SSSR count). The fourth-order valence-electron chi connectivity index (χ4n) is 0.289. The van der Waals surface area contributed by atoms with E-state index in [1.807, 2.05) is 0 Å². The van der Waals surface area contributed by atoms with Gasteiger partial charge in [0.1, 0.15) is 0 Å². The van der Waals surface area contributed by atoms with Crippen LogP contribution in [0.5, 0.6) is 0 Å². The van der Waals surface area contributed by atoms with Gasteiger partial charge in [-0.2, -0.15) is 12.8 Å². The van der Waals surface area contributed by atoms with E-state index in [4.69, 9.17) is 0 Å². The minimum absolute atomic E-state index is 0. The van der Waals surface area contributed by atoms with Gasteiger partial charge >= 0.3 is 0 Å². The minimum Gasteiger partial charge on any atom is -0.329 e. The quantitative estimate of drug-likeness (QED) is 0.656. The van der Waals surface area contributed by atoms with E-state index in [9.17, 15) is 0 Å². The van der Waals surface area contributed by atoms with Crippen LogP contribution in [0.2, 0.25) is 0 Å². The first kappa shape index (κ1) is 16.1. The van der Waals surface area contributed by atoms with Crippen LogP contribution in [0, 0.1) is 6.42 Å². The van der Waals surface area contributed by atoms with Crippen molar-refractivity contribution in [2.24, 2.45) is 0 Å². The molecular formula is C5H11Y2-. The second-order valence-electron chi connectivity index (χ2n) is 1.11. The van der Waals surface area contributed by atoms with Gasteiger partial charge in [0, 0.05) is 65.4 Å². The predicted octanol–water partition coefficient (Wildman–Crippen LogP) is 2.01. The van der Waals surface area contributed by atoms with Crippen molar-refractivity contribution in [3.8, 4) is 0 Å².